The van der Waals surface area contributed by atoms with Crippen molar-refractivity contribution in [1.29, 1.82) is 0 Å². The number of likely N-dealkylation sites (tertiary alicyclic amines) is 1. The van der Waals surface area contributed by atoms with Crippen molar-refractivity contribution in [3.05, 3.63) is 66.1 Å². The second-order valence-corrected chi connectivity index (χ2v) is 11.5. The molecule has 1 amide bonds. The van der Waals surface area contributed by atoms with E-state index in [4.69, 9.17) is 9.15 Å². The van der Waals surface area contributed by atoms with Crippen molar-refractivity contribution >= 4 is 12.0 Å². The molecule has 2 aromatic rings. The maximum atomic E-state index is 13.7. The number of phenols is 1. The molecular weight excluding hydrogens is 468 g/mol. The number of hydrogen-bond donors (Lipinski definition) is 2. The third-order valence-electron chi connectivity index (χ3n) is 9.11. The second-order valence-electron chi connectivity index (χ2n) is 11.5. The van der Waals surface area contributed by atoms with Crippen LogP contribution in [0.3, 0.4) is 0 Å². The number of carbonyl (C=O) groups excluding carboxylic acids is 1. The largest absolute Gasteiger partial charge is 0.504 e. The van der Waals surface area contributed by atoms with Gasteiger partial charge in [-0.05, 0) is 61.9 Å². The Labute approximate surface area is 218 Å². The predicted octanol–water partition coefficient (Wildman–Crippen LogP) is 3.89. The van der Waals surface area contributed by atoms with Gasteiger partial charge in [0.05, 0.1) is 29.6 Å². The Morgan fingerprint density at radius 1 is 1.32 bits per heavy atom. The van der Waals surface area contributed by atoms with Gasteiger partial charge in [-0.2, -0.15) is 0 Å². The summed E-state index contributed by atoms with van der Waals surface area (Å²) in [5.41, 5.74) is 1.23. The van der Waals surface area contributed by atoms with E-state index in [2.05, 4.69) is 25.3 Å². The van der Waals surface area contributed by atoms with E-state index in [1.807, 2.05) is 23.1 Å². The molecule has 2 N–H and O–H groups in total. The Kier molecular flexibility index (Phi) is 5.77. The third kappa shape index (κ3) is 3.43. The first-order valence-corrected chi connectivity index (χ1v) is 13.4. The lowest BCUT2D eigenvalue weighted by Crippen LogP contribution is -2.78. The summed E-state index contributed by atoms with van der Waals surface area (Å²) in [7, 11) is 0. The molecule has 6 rings (SSSR count). The van der Waals surface area contributed by atoms with Crippen molar-refractivity contribution in [3.8, 4) is 11.5 Å². The number of nitrogens with zero attached hydrogens (tertiary/aromatic N) is 2. The smallest absolute Gasteiger partial charge is 0.246 e. The molecule has 2 aliphatic heterocycles. The quantitative estimate of drug-likeness (QED) is 0.440. The normalized spacial score (nSPS) is 31.8. The summed E-state index contributed by atoms with van der Waals surface area (Å²) in [5, 5.41) is 23.4. The highest BCUT2D eigenvalue weighted by Gasteiger charge is 2.73. The maximum Gasteiger partial charge on any atom is 0.246 e. The van der Waals surface area contributed by atoms with Crippen LogP contribution in [0, 0.1) is 5.92 Å². The number of aromatic hydroxyl groups is 1. The minimum Gasteiger partial charge on any atom is -0.504 e. The van der Waals surface area contributed by atoms with Gasteiger partial charge in [-0.1, -0.05) is 26.0 Å². The number of amides is 1. The summed E-state index contributed by atoms with van der Waals surface area (Å²) in [6.07, 6.45) is 10.6. The van der Waals surface area contributed by atoms with Crippen LogP contribution in [0.25, 0.3) is 6.08 Å². The van der Waals surface area contributed by atoms with E-state index >= 15 is 0 Å². The van der Waals surface area contributed by atoms with Gasteiger partial charge in [0.25, 0.3) is 0 Å². The van der Waals surface area contributed by atoms with E-state index in [1.165, 1.54) is 0 Å². The van der Waals surface area contributed by atoms with Gasteiger partial charge in [-0.15, -0.1) is 6.58 Å². The van der Waals surface area contributed by atoms with E-state index in [1.54, 1.807) is 30.7 Å². The van der Waals surface area contributed by atoms with Gasteiger partial charge >= 0.3 is 0 Å². The van der Waals surface area contributed by atoms with E-state index in [0.717, 1.165) is 29.8 Å². The Bertz CT molecular complexity index is 1240. The molecule has 2 fully saturated rings. The molecule has 1 saturated carbocycles. The first kappa shape index (κ1) is 24.3. The molecule has 5 atom stereocenters. The first-order valence-electron chi connectivity index (χ1n) is 13.4. The Balaban J connectivity index is 1.44. The zero-order chi connectivity index (χ0) is 25.9. The van der Waals surface area contributed by atoms with Crippen molar-refractivity contribution < 1.29 is 24.2 Å². The monoisotopic (exact) mass is 504 g/mol. The summed E-state index contributed by atoms with van der Waals surface area (Å²) in [4.78, 5) is 17.9. The van der Waals surface area contributed by atoms with Crippen molar-refractivity contribution in [3.63, 3.8) is 0 Å². The number of aliphatic hydroxyl groups is 1. The van der Waals surface area contributed by atoms with E-state index < -0.39 is 17.1 Å². The number of benzene rings is 1. The van der Waals surface area contributed by atoms with Crippen molar-refractivity contribution in [2.45, 2.75) is 68.7 Å². The van der Waals surface area contributed by atoms with Crippen LogP contribution >= 0.6 is 0 Å². The molecule has 2 bridgehead atoms. The molecule has 1 aromatic carbocycles. The highest BCUT2D eigenvalue weighted by Crippen LogP contribution is 2.65. The van der Waals surface area contributed by atoms with Crippen LogP contribution in [0.1, 0.15) is 49.8 Å². The lowest BCUT2D eigenvalue weighted by Gasteiger charge is -2.64. The lowest BCUT2D eigenvalue weighted by atomic mass is 9.48. The third-order valence-corrected chi connectivity index (χ3v) is 9.11. The van der Waals surface area contributed by atoms with Gasteiger partial charge in [0.15, 0.2) is 11.5 Å². The number of phenolic OH excluding ortho intramolecular Hbond substituents is 1. The number of rotatable bonds is 7. The number of ether oxygens (including phenoxy) is 1. The van der Waals surface area contributed by atoms with Gasteiger partial charge in [-0.3, -0.25) is 9.69 Å². The fourth-order valence-electron chi connectivity index (χ4n) is 7.72. The van der Waals surface area contributed by atoms with Gasteiger partial charge in [0.2, 0.25) is 5.91 Å². The molecule has 1 spiro atoms. The second kappa shape index (κ2) is 8.77. The van der Waals surface area contributed by atoms with Crippen LogP contribution in [-0.2, 0) is 16.6 Å². The number of piperidine rings is 1. The fourth-order valence-corrected chi connectivity index (χ4v) is 7.72. The average Bonchev–Trinajstić information content (AvgIpc) is 3.50. The Hall–Kier alpha value is -3.03. The first-order chi connectivity index (χ1) is 17.8. The molecule has 37 heavy (non-hydrogen) atoms. The molecule has 1 aromatic heterocycles. The molecule has 2 unspecified atom stereocenters. The van der Waals surface area contributed by atoms with Crippen LogP contribution < -0.4 is 4.74 Å². The molecule has 196 valence electrons. The summed E-state index contributed by atoms with van der Waals surface area (Å²) < 4.78 is 11.8. The van der Waals surface area contributed by atoms with Gasteiger partial charge < -0.3 is 24.3 Å². The van der Waals surface area contributed by atoms with Gasteiger partial charge in [-0.25, -0.2) is 0 Å². The Morgan fingerprint density at radius 2 is 2.16 bits per heavy atom. The molecule has 7 nitrogen and oxygen atoms in total. The van der Waals surface area contributed by atoms with Crippen LogP contribution in [0.15, 0.2) is 53.9 Å². The SMILES string of the molecule is C=CCN1CC[C@]23c4c5ccc(O)c4OC2C(N(CC(C)C)C(=O)/C=C/c2ccoc2)CC[C@@]3(O)[C@H]1C5. The molecule has 4 aliphatic rings. The molecule has 3 heterocycles. The average molecular weight is 505 g/mol. The molecule has 0 radical (unpaired) electrons. The Morgan fingerprint density at radius 3 is 2.89 bits per heavy atom. The minimum absolute atomic E-state index is 0.0653. The maximum absolute atomic E-state index is 13.7. The van der Waals surface area contributed by atoms with E-state index in [0.29, 0.717) is 38.0 Å². The van der Waals surface area contributed by atoms with Crippen molar-refractivity contribution in [2.24, 2.45) is 5.92 Å². The van der Waals surface area contributed by atoms with Crippen LogP contribution in [0.5, 0.6) is 11.5 Å². The van der Waals surface area contributed by atoms with Gasteiger partial charge in [0.1, 0.15) is 6.10 Å². The zero-order valence-electron chi connectivity index (χ0n) is 21.6. The molecule has 2 aliphatic carbocycles. The number of hydrogen-bond acceptors (Lipinski definition) is 6. The van der Waals surface area contributed by atoms with Crippen molar-refractivity contribution in [2.75, 3.05) is 19.6 Å². The minimum atomic E-state index is -1.01. The van der Waals surface area contributed by atoms with E-state index in [-0.39, 0.29) is 29.7 Å². The summed E-state index contributed by atoms with van der Waals surface area (Å²) in [5.74, 6) is 0.777. The predicted molar refractivity (Wildman–Crippen MR) is 140 cm³/mol. The number of furan rings is 1. The molecule has 7 heteroatoms. The zero-order valence-corrected chi connectivity index (χ0v) is 21.6. The van der Waals surface area contributed by atoms with Crippen LogP contribution in [-0.4, -0.2) is 69.3 Å². The van der Waals surface area contributed by atoms with Crippen LogP contribution in [0.2, 0.25) is 0 Å². The van der Waals surface area contributed by atoms with Crippen LogP contribution in [0.4, 0.5) is 0 Å². The number of carbonyl (C=O) groups is 1. The summed E-state index contributed by atoms with van der Waals surface area (Å²) in [6, 6.07) is 5.22. The standard InChI is InChI=1S/C30H36N2O5/c1-4-13-31-14-12-29-26-21-6-7-23(33)27(26)37-28(29)22(9-11-30(29,35)24(31)16-21)32(17-19(2)3)25(34)8-5-20-10-15-36-18-20/h4-8,10,15,18-19,22,24,28,33,35H,1,9,11-14,16-17H2,2-3H3/b8-5+/t22?,24-,28?,29+,30-/m1/s1. The van der Waals surface area contributed by atoms with Crippen molar-refractivity contribution in [1.82, 2.24) is 9.80 Å². The van der Waals surface area contributed by atoms with E-state index in [9.17, 15) is 15.0 Å². The summed E-state index contributed by atoms with van der Waals surface area (Å²) >= 11 is 0. The lowest BCUT2D eigenvalue weighted by molar-refractivity contribution is -0.199. The fraction of sp³-hybridized carbons (Fsp3) is 0.500. The molecular formula is C30H36N2O5. The van der Waals surface area contributed by atoms with Gasteiger partial charge in [0, 0.05) is 36.3 Å². The topological polar surface area (TPSA) is 86.4 Å². The summed E-state index contributed by atoms with van der Waals surface area (Å²) in [6.45, 7) is 10.3. The molecule has 1 saturated heterocycles. The highest BCUT2D eigenvalue weighted by atomic mass is 16.5. The highest BCUT2D eigenvalue weighted by molar-refractivity contribution is 5.92.